The van der Waals surface area contributed by atoms with E-state index in [2.05, 4.69) is 26.6 Å². The number of nitrogens with one attached hydrogen (secondary N) is 1. The third kappa shape index (κ3) is 3.28. The van der Waals surface area contributed by atoms with Gasteiger partial charge in [-0.05, 0) is 37.7 Å². The van der Waals surface area contributed by atoms with Crippen LogP contribution >= 0.6 is 11.3 Å². The molecule has 0 saturated heterocycles. The van der Waals surface area contributed by atoms with E-state index in [-0.39, 0.29) is 11.7 Å². The average molecular weight is 328 g/mol. The van der Waals surface area contributed by atoms with Crippen molar-refractivity contribution in [3.63, 3.8) is 0 Å². The average Bonchev–Trinajstić information content (AvgIpc) is 3.28. The lowest BCUT2D eigenvalue weighted by atomic mass is 10.2. The maximum Gasteiger partial charge on any atom is 0.266 e. The Kier molecular flexibility index (Phi) is 4.46. The number of hydrogen-bond donors (Lipinski definition) is 1. The molecule has 1 N–H and O–H groups in total. The Morgan fingerprint density at radius 3 is 2.87 bits per heavy atom. The van der Waals surface area contributed by atoms with Gasteiger partial charge in [0.25, 0.3) is 5.89 Å². The van der Waals surface area contributed by atoms with Crippen molar-refractivity contribution in [3.8, 4) is 17.7 Å². The maximum atomic E-state index is 9.24. The molecule has 0 radical (unpaired) electrons. The first kappa shape index (κ1) is 15.3. The maximum absolute atomic E-state index is 9.24. The van der Waals surface area contributed by atoms with E-state index >= 15 is 0 Å². The minimum atomic E-state index is 0.179. The van der Waals surface area contributed by atoms with Crippen LogP contribution in [0.2, 0.25) is 0 Å². The molecule has 0 saturated carbocycles. The lowest BCUT2D eigenvalue weighted by Crippen LogP contribution is -2.26. The lowest BCUT2D eigenvalue weighted by molar-refractivity contribution is 0.314. The topological polar surface area (TPSA) is 78.2 Å². The molecule has 118 valence electrons. The second kappa shape index (κ2) is 6.69. The van der Waals surface area contributed by atoms with Gasteiger partial charge in [-0.3, -0.25) is 0 Å². The molecule has 3 heterocycles. The number of furan rings is 1. The van der Waals surface area contributed by atoms with E-state index in [1.807, 2.05) is 26.2 Å². The molecule has 3 rings (SSSR count). The van der Waals surface area contributed by atoms with E-state index in [1.165, 1.54) is 11.1 Å². The van der Waals surface area contributed by atoms with E-state index in [0.717, 1.165) is 0 Å². The van der Waals surface area contributed by atoms with E-state index in [1.54, 1.807) is 23.5 Å². The summed E-state index contributed by atoms with van der Waals surface area (Å²) >= 11 is 1.70. The number of thiophene rings is 1. The van der Waals surface area contributed by atoms with Crippen LogP contribution in [0.4, 0.5) is 5.88 Å². The summed E-state index contributed by atoms with van der Waals surface area (Å²) in [6, 6.07) is 9.84. The first-order chi connectivity index (χ1) is 11.2. The molecule has 23 heavy (non-hydrogen) atoms. The summed E-state index contributed by atoms with van der Waals surface area (Å²) in [5.74, 6) is 1.16. The van der Waals surface area contributed by atoms with Crippen molar-refractivity contribution in [1.29, 1.82) is 5.26 Å². The second-order valence-electron chi connectivity index (χ2n) is 5.16. The van der Waals surface area contributed by atoms with Crippen molar-refractivity contribution >= 4 is 17.2 Å². The van der Waals surface area contributed by atoms with Gasteiger partial charge in [-0.25, -0.2) is 0 Å². The molecule has 0 bridgehead atoms. The molecule has 0 aliphatic heterocycles. The van der Waals surface area contributed by atoms with Crippen LogP contribution in [-0.4, -0.2) is 30.5 Å². The summed E-state index contributed by atoms with van der Waals surface area (Å²) in [6.45, 7) is 0.606. The van der Waals surface area contributed by atoms with Gasteiger partial charge in [0, 0.05) is 11.4 Å². The molecule has 3 aromatic heterocycles. The van der Waals surface area contributed by atoms with Crippen LogP contribution in [0, 0.1) is 11.3 Å². The monoisotopic (exact) mass is 328 g/mol. The first-order valence-corrected chi connectivity index (χ1v) is 7.95. The highest BCUT2D eigenvalue weighted by Crippen LogP contribution is 2.28. The molecule has 0 aliphatic rings. The molecule has 0 fully saturated rings. The van der Waals surface area contributed by atoms with Crippen molar-refractivity contribution in [2.45, 2.75) is 6.04 Å². The van der Waals surface area contributed by atoms with Gasteiger partial charge in [-0.2, -0.15) is 10.2 Å². The van der Waals surface area contributed by atoms with Gasteiger partial charge in [-0.1, -0.05) is 6.07 Å². The molecule has 0 aliphatic carbocycles. The highest BCUT2D eigenvalue weighted by atomic mass is 32.1. The number of aromatic nitrogens is 1. The normalized spacial score (nSPS) is 12.3. The molecule has 1 atom stereocenters. The van der Waals surface area contributed by atoms with E-state index in [4.69, 9.17) is 8.83 Å². The molecule has 0 unspecified atom stereocenters. The Labute approximate surface area is 138 Å². The van der Waals surface area contributed by atoms with Crippen LogP contribution < -0.4 is 5.32 Å². The van der Waals surface area contributed by atoms with Crippen molar-refractivity contribution in [2.24, 2.45) is 0 Å². The fourth-order valence-corrected chi connectivity index (χ4v) is 3.15. The third-order valence-corrected chi connectivity index (χ3v) is 4.39. The quantitative estimate of drug-likeness (QED) is 0.745. The number of hydrogen-bond acceptors (Lipinski definition) is 7. The van der Waals surface area contributed by atoms with E-state index in [0.29, 0.717) is 24.1 Å². The smallest absolute Gasteiger partial charge is 0.266 e. The molecule has 0 spiro atoms. The van der Waals surface area contributed by atoms with Crippen LogP contribution in [0.15, 0.2) is 44.7 Å². The van der Waals surface area contributed by atoms with Crippen LogP contribution in [0.5, 0.6) is 0 Å². The Balaban J connectivity index is 1.78. The molecule has 3 aromatic rings. The number of anilines is 1. The third-order valence-electron chi connectivity index (χ3n) is 3.42. The first-order valence-electron chi connectivity index (χ1n) is 7.07. The van der Waals surface area contributed by atoms with Crippen LogP contribution in [0.3, 0.4) is 0 Å². The minimum absolute atomic E-state index is 0.179. The van der Waals surface area contributed by atoms with Crippen molar-refractivity contribution < 1.29 is 8.83 Å². The van der Waals surface area contributed by atoms with Gasteiger partial charge in [0.2, 0.25) is 11.6 Å². The summed E-state index contributed by atoms with van der Waals surface area (Å²) in [5, 5.41) is 14.5. The van der Waals surface area contributed by atoms with Gasteiger partial charge < -0.3 is 19.1 Å². The summed E-state index contributed by atoms with van der Waals surface area (Å²) in [5.41, 5.74) is 0.222. The standard InChI is InChI=1S/C16H16N4O2S/c1-20(2)12(14-6-4-8-23-14)10-18-15-11(9-17)19-16(22-15)13-5-3-7-21-13/h3-8,12,18H,10H2,1-2H3/t12-/m1/s1. The second-order valence-corrected chi connectivity index (χ2v) is 6.14. The van der Waals surface area contributed by atoms with Gasteiger partial charge in [0.1, 0.15) is 6.07 Å². The fourth-order valence-electron chi connectivity index (χ4n) is 2.23. The van der Waals surface area contributed by atoms with Gasteiger partial charge >= 0.3 is 0 Å². The van der Waals surface area contributed by atoms with Crippen molar-refractivity contribution in [2.75, 3.05) is 26.0 Å². The predicted molar refractivity (Wildman–Crippen MR) is 88.2 cm³/mol. The zero-order chi connectivity index (χ0) is 16.2. The summed E-state index contributed by atoms with van der Waals surface area (Å²) in [4.78, 5) is 7.52. The number of nitriles is 1. The van der Waals surface area contributed by atoms with Gasteiger partial charge in [0.15, 0.2) is 5.76 Å². The highest BCUT2D eigenvalue weighted by molar-refractivity contribution is 7.10. The SMILES string of the molecule is CN(C)[C@H](CNc1oc(-c2ccco2)nc1C#N)c1cccs1. The Bertz CT molecular complexity index is 785. The van der Waals surface area contributed by atoms with Crippen molar-refractivity contribution in [3.05, 3.63) is 46.5 Å². The molecular formula is C16H16N4O2S. The van der Waals surface area contributed by atoms with Crippen LogP contribution in [-0.2, 0) is 0 Å². The minimum Gasteiger partial charge on any atom is -0.459 e. The Hall–Kier alpha value is -2.56. The van der Waals surface area contributed by atoms with Gasteiger partial charge in [-0.15, -0.1) is 11.3 Å². The number of nitrogens with zero attached hydrogens (tertiary/aromatic N) is 3. The van der Waals surface area contributed by atoms with E-state index < -0.39 is 0 Å². The highest BCUT2D eigenvalue weighted by Gasteiger charge is 2.19. The van der Waals surface area contributed by atoms with Gasteiger partial charge in [0.05, 0.1) is 12.3 Å². The summed E-state index contributed by atoms with van der Waals surface area (Å²) in [6.07, 6.45) is 1.54. The zero-order valence-electron chi connectivity index (χ0n) is 12.8. The predicted octanol–water partition coefficient (Wildman–Crippen LogP) is 3.58. The Morgan fingerprint density at radius 2 is 2.26 bits per heavy atom. The number of oxazole rings is 1. The summed E-state index contributed by atoms with van der Waals surface area (Å²) in [7, 11) is 4.04. The van der Waals surface area contributed by atoms with Crippen LogP contribution in [0.25, 0.3) is 11.7 Å². The Morgan fingerprint density at radius 1 is 1.39 bits per heavy atom. The summed E-state index contributed by atoms with van der Waals surface area (Å²) < 4.78 is 10.9. The van der Waals surface area contributed by atoms with Crippen LogP contribution in [0.1, 0.15) is 16.6 Å². The number of likely N-dealkylation sites (N-methyl/N-ethyl adjacent to an activating group) is 1. The molecule has 0 aromatic carbocycles. The van der Waals surface area contributed by atoms with Crippen molar-refractivity contribution in [1.82, 2.24) is 9.88 Å². The van der Waals surface area contributed by atoms with E-state index in [9.17, 15) is 5.26 Å². The molecule has 6 nitrogen and oxygen atoms in total. The zero-order valence-corrected chi connectivity index (χ0v) is 13.6. The molecular weight excluding hydrogens is 312 g/mol. The molecule has 0 amide bonds. The largest absolute Gasteiger partial charge is 0.459 e. The molecule has 7 heteroatoms. The number of rotatable bonds is 6. The fraction of sp³-hybridized carbons (Fsp3) is 0.250. The lowest BCUT2D eigenvalue weighted by Gasteiger charge is -2.23.